The Labute approximate surface area is 121 Å². The first-order valence-electron chi connectivity index (χ1n) is 6.63. The van der Waals surface area contributed by atoms with Gasteiger partial charge in [-0.2, -0.15) is 0 Å². The number of halogens is 2. The molecule has 104 valence electrons. The fourth-order valence-electron chi connectivity index (χ4n) is 2.67. The molecule has 1 aromatic rings. The van der Waals surface area contributed by atoms with Crippen LogP contribution in [0.5, 0.6) is 0 Å². The van der Waals surface area contributed by atoms with Crippen LogP contribution in [0.2, 0.25) is 0 Å². The highest BCUT2D eigenvalue weighted by atomic mass is 79.9. The van der Waals surface area contributed by atoms with Crippen molar-refractivity contribution in [1.29, 1.82) is 0 Å². The van der Waals surface area contributed by atoms with Gasteiger partial charge in [0, 0.05) is 9.89 Å². The van der Waals surface area contributed by atoms with Gasteiger partial charge in [0.1, 0.15) is 5.82 Å². The zero-order valence-electron chi connectivity index (χ0n) is 11.3. The monoisotopic (exact) mass is 327 g/mol. The molecule has 1 aliphatic heterocycles. The van der Waals surface area contributed by atoms with Crippen LogP contribution in [0.15, 0.2) is 22.7 Å². The molecular weight excluding hydrogens is 309 g/mol. The molecule has 1 N–H and O–H groups in total. The molecule has 1 unspecified atom stereocenters. The Hall–Kier alpha value is -0.740. The number of benzene rings is 1. The van der Waals surface area contributed by atoms with E-state index in [1.165, 1.54) is 6.07 Å². The molecule has 4 heteroatoms. The number of carbonyl (C=O) groups excluding carboxylic acids is 1. The van der Waals surface area contributed by atoms with Crippen LogP contribution in [0.3, 0.4) is 0 Å². The predicted octanol–water partition coefficient (Wildman–Crippen LogP) is 3.80. The molecule has 1 heterocycles. The van der Waals surface area contributed by atoms with Gasteiger partial charge >= 0.3 is 0 Å². The van der Waals surface area contributed by atoms with E-state index < -0.39 is 11.2 Å². The number of hydrogen-bond donors (Lipinski definition) is 1. The first-order valence-corrected chi connectivity index (χ1v) is 7.43. The normalized spacial score (nSPS) is 20.3. The molecule has 1 atom stereocenters. The van der Waals surface area contributed by atoms with E-state index in [0.29, 0.717) is 0 Å². The number of piperidine rings is 1. The van der Waals surface area contributed by atoms with Crippen LogP contribution < -0.4 is 5.32 Å². The Morgan fingerprint density at radius 3 is 2.84 bits per heavy atom. The lowest BCUT2D eigenvalue weighted by molar-refractivity contribution is 0.0703. The highest BCUT2D eigenvalue weighted by Crippen LogP contribution is 2.36. The highest BCUT2D eigenvalue weighted by molar-refractivity contribution is 9.10. The zero-order chi connectivity index (χ0) is 14.0. The molecule has 0 bridgehead atoms. The Morgan fingerprint density at radius 2 is 2.21 bits per heavy atom. The largest absolute Gasteiger partial charge is 0.316 e. The van der Waals surface area contributed by atoms with E-state index in [9.17, 15) is 9.18 Å². The van der Waals surface area contributed by atoms with Crippen LogP contribution in [0.25, 0.3) is 0 Å². The minimum Gasteiger partial charge on any atom is -0.316 e. The molecule has 1 saturated heterocycles. The SMILES string of the molecule is CC(C)(C(=O)c1cc(Br)ccc1F)C1CCCNC1. The molecule has 0 saturated carbocycles. The molecule has 2 nitrogen and oxygen atoms in total. The van der Waals surface area contributed by atoms with Crippen molar-refractivity contribution >= 4 is 21.7 Å². The number of hydrogen-bond acceptors (Lipinski definition) is 2. The Kier molecular flexibility index (Phi) is 4.41. The van der Waals surface area contributed by atoms with Crippen molar-refractivity contribution in [3.8, 4) is 0 Å². The molecule has 0 radical (unpaired) electrons. The van der Waals surface area contributed by atoms with Crippen molar-refractivity contribution in [1.82, 2.24) is 5.32 Å². The molecule has 0 aromatic heterocycles. The van der Waals surface area contributed by atoms with Gasteiger partial charge in [-0.05, 0) is 50.0 Å². The predicted molar refractivity (Wildman–Crippen MR) is 77.8 cm³/mol. The third-order valence-corrected chi connectivity index (χ3v) is 4.57. The summed E-state index contributed by atoms with van der Waals surface area (Å²) in [6, 6.07) is 4.53. The molecular formula is C15H19BrFNO. The fraction of sp³-hybridized carbons (Fsp3) is 0.533. The molecule has 19 heavy (non-hydrogen) atoms. The molecule has 0 amide bonds. The molecule has 0 aliphatic carbocycles. The summed E-state index contributed by atoms with van der Waals surface area (Å²) in [5, 5.41) is 3.32. The van der Waals surface area contributed by atoms with Crippen LogP contribution in [0.4, 0.5) is 4.39 Å². The van der Waals surface area contributed by atoms with Gasteiger partial charge in [-0.25, -0.2) is 4.39 Å². The van der Waals surface area contributed by atoms with E-state index in [1.807, 2.05) is 13.8 Å². The second kappa shape index (κ2) is 5.71. The van der Waals surface area contributed by atoms with Crippen LogP contribution in [-0.2, 0) is 0 Å². The van der Waals surface area contributed by atoms with Crippen molar-refractivity contribution < 1.29 is 9.18 Å². The smallest absolute Gasteiger partial charge is 0.171 e. The average molecular weight is 328 g/mol. The maximum atomic E-state index is 13.9. The van der Waals surface area contributed by atoms with Gasteiger partial charge in [-0.15, -0.1) is 0 Å². The maximum Gasteiger partial charge on any atom is 0.171 e. The van der Waals surface area contributed by atoms with Crippen LogP contribution in [0, 0.1) is 17.2 Å². The number of carbonyl (C=O) groups is 1. The fourth-order valence-corrected chi connectivity index (χ4v) is 3.03. The Bertz CT molecular complexity index is 481. The second-order valence-electron chi connectivity index (χ2n) is 5.72. The standard InChI is InChI=1S/C15H19BrFNO/c1-15(2,10-4-3-7-18-9-10)14(19)12-8-11(16)5-6-13(12)17/h5-6,8,10,18H,3-4,7,9H2,1-2H3. The summed E-state index contributed by atoms with van der Waals surface area (Å²) in [5.74, 6) is -0.294. The average Bonchev–Trinajstić information content (AvgIpc) is 2.41. The van der Waals surface area contributed by atoms with Crippen LogP contribution in [0.1, 0.15) is 37.0 Å². The summed E-state index contributed by atoms with van der Waals surface area (Å²) in [6.07, 6.45) is 2.09. The van der Waals surface area contributed by atoms with Crippen molar-refractivity contribution in [2.24, 2.45) is 11.3 Å². The second-order valence-corrected chi connectivity index (χ2v) is 6.63. The third kappa shape index (κ3) is 3.06. The molecule has 2 rings (SSSR count). The maximum absolute atomic E-state index is 13.9. The molecule has 1 aromatic carbocycles. The van der Waals surface area contributed by atoms with Gasteiger partial charge in [0.05, 0.1) is 5.56 Å². The van der Waals surface area contributed by atoms with E-state index in [1.54, 1.807) is 12.1 Å². The quantitative estimate of drug-likeness (QED) is 0.855. The number of rotatable bonds is 3. The van der Waals surface area contributed by atoms with Crippen LogP contribution >= 0.6 is 15.9 Å². The van der Waals surface area contributed by atoms with Gasteiger partial charge in [0.15, 0.2) is 5.78 Å². The molecule has 0 spiro atoms. The van der Waals surface area contributed by atoms with E-state index in [0.717, 1.165) is 30.4 Å². The summed E-state index contributed by atoms with van der Waals surface area (Å²) >= 11 is 3.30. The van der Waals surface area contributed by atoms with Crippen LogP contribution in [-0.4, -0.2) is 18.9 Å². The summed E-state index contributed by atoms with van der Waals surface area (Å²) < 4.78 is 14.6. The first kappa shape index (κ1) is 14.7. The summed E-state index contributed by atoms with van der Waals surface area (Å²) in [6.45, 7) is 5.68. The van der Waals surface area contributed by atoms with E-state index in [2.05, 4.69) is 21.2 Å². The summed E-state index contributed by atoms with van der Waals surface area (Å²) in [5.41, 5.74) is -0.361. The van der Waals surface area contributed by atoms with Crippen molar-refractivity contribution in [2.45, 2.75) is 26.7 Å². The minimum atomic E-state index is -0.547. The lowest BCUT2D eigenvalue weighted by atomic mass is 9.70. The van der Waals surface area contributed by atoms with E-state index >= 15 is 0 Å². The van der Waals surface area contributed by atoms with Gasteiger partial charge in [-0.3, -0.25) is 4.79 Å². The van der Waals surface area contributed by atoms with E-state index in [-0.39, 0.29) is 17.3 Å². The molecule has 1 aliphatic rings. The summed E-state index contributed by atoms with van der Waals surface area (Å²) in [7, 11) is 0. The molecule has 1 fully saturated rings. The van der Waals surface area contributed by atoms with E-state index in [4.69, 9.17) is 0 Å². The van der Waals surface area contributed by atoms with Crippen molar-refractivity contribution in [3.63, 3.8) is 0 Å². The Balaban J connectivity index is 2.28. The first-order chi connectivity index (χ1) is 8.93. The van der Waals surface area contributed by atoms with Gasteiger partial charge < -0.3 is 5.32 Å². The number of nitrogens with one attached hydrogen (secondary N) is 1. The van der Waals surface area contributed by atoms with Crippen molar-refractivity contribution in [2.75, 3.05) is 13.1 Å². The van der Waals surface area contributed by atoms with Gasteiger partial charge in [0.25, 0.3) is 0 Å². The zero-order valence-corrected chi connectivity index (χ0v) is 12.9. The lowest BCUT2D eigenvalue weighted by Gasteiger charge is -2.36. The van der Waals surface area contributed by atoms with Crippen molar-refractivity contribution in [3.05, 3.63) is 34.1 Å². The minimum absolute atomic E-state index is 0.111. The topological polar surface area (TPSA) is 29.1 Å². The Morgan fingerprint density at radius 1 is 1.47 bits per heavy atom. The van der Waals surface area contributed by atoms with Gasteiger partial charge in [-0.1, -0.05) is 29.8 Å². The lowest BCUT2D eigenvalue weighted by Crippen LogP contribution is -2.42. The number of Topliss-reactive ketones (excluding diaryl/α,β-unsaturated/α-hetero) is 1. The summed E-state index contributed by atoms with van der Waals surface area (Å²) in [4.78, 5) is 12.7. The highest BCUT2D eigenvalue weighted by Gasteiger charge is 2.38. The van der Waals surface area contributed by atoms with Gasteiger partial charge in [0.2, 0.25) is 0 Å². The third-order valence-electron chi connectivity index (χ3n) is 4.08. The number of ketones is 1.